The van der Waals surface area contributed by atoms with E-state index in [9.17, 15) is 9.59 Å². The van der Waals surface area contributed by atoms with Crippen molar-refractivity contribution in [1.82, 2.24) is 9.47 Å². The minimum Gasteiger partial charge on any atom is -0.408 e. The topological polar surface area (TPSA) is 63.6 Å². The first-order chi connectivity index (χ1) is 15.0. The molecule has 6 nitrogen and oxygen atoms in total. The normalized spacial score (nSPS) is 10.8. The van der Waals surface area contributed by atoms with Crippen LogP contribution in [0, 0.1) is 0 Å². The quantitative estimate of drug-likeness (QED) is 0.471. The Morgan fingerprint density at radius 1 is 1.03 bits per heavy atom. The summed E-state index contributed by atoms with van der Waals surface area (Å²) in [7, 11) is 0. The number of nitrogens with one attached hydrogen (secondary N) is 1. The van der Waals surface area contributed by atoms with Crippen LogP contribution in [0.5, 0.6) is 5.75 Å². The van der Waals surface area contributed by atoms with Crippen LogP contribution in [0.25, 0.3) is 10.9 Å². The van der Waals surface area contributed by atoms with E-state index in [0.29, 0.717) is 42.5 Å². The van der Waals surface area contributed by atoms with Crippen LogP contribution in [-0.2, 0) is 11.3 Å². The summed E-state index contributed by atoms with van der Waals surface area (Å²) in [4.78, 5) is 26.5. The molecule has 7 heteroatoms. The monoisotopic (exact) mass is 441 g/mol. The second kappa shape index (κ2) is 10.4. The van der Waals surface area contributed by atoms with Crippen LogP contribution in [0.4, 0.5) is 10.5 Å². The lowest BCUT2D eigenvalue weighted by molar-refractivity contribution is -0.116. The van der Waals surface area contributed by atoms with E-state index in [1.807, 2.05) is 63.4 Å². The predicted molar refractivity (Wildman–Crippen MR) is 125 cm³/mol. The van der Waals surface area contributed by atoms with Gasteiger partial charge in [0, 0.05) is 42.7 Å². The molecule has 0 unspecified atom stereocenters. The summed E-state index contributed by atoms with van der Waals surface area (Å²) in [6.45, 7) is 7.49. The number of carbonyl (C=O) groups excluding carboxylic acids is 2. The van der Waals surface area contributed by atoms with Crippen molar-refractivity contribution >= 4 is 40.2 Å². The molecule has 0 aliphatic heterocycles. The number of hydrogen-bond acceptors (Lipinski definition) is 3. The summed E-state index contributed by atoms with van der Waals surface area (Å²) in [5.74, 6) is 0.235. The summed E-state index contributed by atoms with van der Waals surface area (Å²) in [5, 5.41) is 4.47. The molecular weight excluding hydrogens is 414 g/mol. The second-order valence-electron chi connectivity index (χ2n) is 7.28. The fourth-order valence-corrected chi connectivity index (χ4v) is 3.59. The molecule has 1 N–H and O–H groups in total. The number of fused-ring (bicyclic) bond motifs is 1. The molecule has 3 aromatic rings. The van der Waals surface area contributed by atoms with Gasteiger partial charge in [-0.3, -0.25) is 4.79 Å². The lowest BCUT2D eigenvalue weighted by Gasteiger charge is -2.20. The standard InChI is InChI=1S/C24H28ClN3O3/c1-4-7-22(29)26-23-19-14-15-28(16-17-8-10-18(25)11-9-17)20(19)12-13-21(23)31-24(30)27(5-2)6-3/h8-15H,4-7,16H2,1-3H3,(H,26,29). The summed E-state index contributed by atoms with van der Waals surface area (Å²) in [6, 6.07) is 13.3. The zero-order chi connectivity index (χ0) is 22.4. The Hall–Kier alpha value is -2.99. The van der Waals surface area contributed by atoms with Crippen LogP contribution < -0.4 is 10.1 Å². The minimum atomic E-state index is -0.434. The maximum Gasteiger partial charge on any atom is 0.415 e. The highest BCUT2D eigenvalue weighted by Crippen LogP contribution is 2.35. The fraction of sp³-hybridized carbons (Fsp3) is 0.333. The fourth-order valence-electron chi connectivity index (χ4n) is 3.46. The third-order valence-electron chi connectivity index (χ3n) is 5.14. The highest BCUT2D eigenvalue weighted by Gasteiger charge is 2.19. The average Bonchev–Trinajstić information content (AvgIpc) is 3.15. The molecule has 0 spiro atoms. The Morgan fingerprint density at radius 3 is 2.39 bits per heavy atom. The molecule has 0 aliphatic carbocycles. The molecule has 31 heavy (non-hydrogen) atoms. The molecule has 0 saturated heterocycles. The molecule has 0 fully saturated rings. The van der Waals surface area contributed by atoms with E-state index in [0.717, 1.165) is 22.9 Å². The zero-order valence-electron chi connectivity index (χ0n) is 18.2. The molecule has 0 radical (unpaired) electrons. The first-order valence-electron chi connectivity index (χ1n) is 10.6. The number of nitrogens with zero attached hydrogens (tertiary/aromatic N) is 2. The molecule has 1 heterocycles. The van der Waals surface area contributed by atoms with E-state index in [2.05, 4.69) is 9.88 Å². The summed E-state index contributed by atoms with van der Waals surface area (Å²) in [6.07, 6.45) is 2.65. The van der Waals surface area contributed by atoms with Crippen molar-refractivity contribution in [2.45, 2.75) is 40.2 Å². The van der Waals surface area contributed by atoms with Crippen molar-refractivity contribution in [3.05, 3.63) is 59.2 Å². The van der Waals surface area contributed by atoms with E-state index in [4.69, 9.17) is 16.3 Å². The molecule has 0 aliphatic rings. The van der Waals surface area contributed by atoms with E-state index in [-0.39, 0.29) is 5.91 Å². The SMILES string of the molecule is CCCC(=O)Nc1c(OC(=O)N(CC)CC)ccc2c1ccn2Cc1ccc(Cl)cc1. The highest BCUT2D eigenvalue weighted by atomic mass is 35.5. The zero-order valence-corrected chi connectivity index (χ0v) is 18.9. The third-order valence-corrected chi connectivity index (χ3v) is 5.39. The molecule has 164 valence electrons. The van der Waals surface area contributed by atoms with Crippen molar-refractivity contribution in [1.29, 1.82) is 0 Å². The molecule has 3 rings (SSSR count). The number of halogens is 1. The Labute approximate surface area is 187 Å². The van der Waals surface area contributed by atoms with E-state index < -0.39 is 6.09 Å². The van der Waals surface area contributed by atoms with Gasteiger partial charge in [0.2, 0.25) is 5.91 Å². The van der Waals surface area contributed by atoms with Crippen LogP contribution >= 0.6 is 11.6 Å². The summed E-state index contributed by atoms with van der Waals surface area (Å²) < 4.78 is 7.75. The van der Waals surface area contributed by atoms with E-state index in [1.165, 1.54) is 0 Å². The van der Waals surface area contributed by atoms with Gasteiger partial charge in [0.25, 0.3) is 0 Å². The van der Waals surface area contributed by atoms with Crippen molar-refractivity contribution in [2.24, 2.45) is 0 Å². The van der Waals surface area contributed by atoms with Crippen molar-refractivity contribution in [2.75, 3.05) is 18.4 Å². The number of rotatable bonds is 8. The number of amides is 2. The number of carbonyl (C=O) groups is 2. The lowest BCUT2D eigenvalue weighted by atomic mass is 10.1. The maximum absolute atomic E-state index is 12.5. The Balaban J connectivity index is 1.98. The van der Waals surface area contributed by atoms with Gasteiger partial charge < -0.3 is 19.5 Å². The number of anilines is 1. The Kier molecular flexibility index (Phi) is 7.58. The highest BCUT2D eigenvalue weighted by molar-refractivity contribution is 6.30. The molecule has 2 amide bonds. The maximum atomic E-state index is 12.5. The van der Waals surface area contributed by atoms with Gasteiger partial charge >= 0.3 is 6.09 Å². The second-order valence-corrected chi connectivity index (χ2v) is 7.72. The first kappa shape index (κ1) is 22.7. The van der Waals surface area contributed by atoms with Crippen LogP contribution in [0.3, 0.4) is 0 Å². The minimum absolute atomic E-state index is 0.111. The van der Waals surface area contributed by atoms with Crippen molar-refractivity contribution < 1.29 is 14.3 Å². The average molecular weight is 442 g/mol. The van der Waals surface area contributed by atoms with Gasteiger partial charge in [-0.15, -0.1) is 0 Å². The van der Waals surface area contributed by atoms with Gasteiger partial charge in [0.05, 0.1) is 11.2 Å². The van der Waals surface area contributed by atoms with Crippen molar-refractivity contribution in [3.8, 4) is 5.75 Å². The van der Waals surface area contributed by atoms with Gasteiger partial charge in [0.1, 0.15) is 0 Å². The van der Waals surface area contributed by atoms with Crippen LogP contribution in [0.2, 0.25) is 5.02 Å². The Morgan fingerprint density at radius 2 is 1.74 bits per heavy atom. The molecule has 1 aromatic heterocycles. The number of hydrogen-bond donors (Lipinski definition) is 1. The summed E-state index contributed by atoms with van der Waals surface area (Å²) in [5.41, 5.74) is 2.56. The largest absolute Gasteiger partial charge is 0.415 e. The van der Waals surface area contributed by atoms with Gasteiger partial charge in [-0.2, -0.15) is 0 Å². The number of aromatic nitrogens is 1. The van der Waals surface area contributed by atoms with Gasteiger partial charge in [-0.1, -0.05) is 30.7 Å². The Bertz CT molecular complexity index is 1060. The van der Waals surface area contributed by atoms with E-state index in [1.54, 1.807) is 11.0 Å². The van der Waals surface area contributed by atoms with Crippen LogP contribution in [0.15, 0.2) is 48.7 Å². The molecule has 2 aromatic carbocycles. The first-order valence-corrected chi connectivity index (χ1v) is 11.0. The van der Waals surface area contributed by atoms with Crippen LogP contribution in [-0.4, -0.2) is 34.6 Å². The predicted octanol–water partition coefficient (Wildman–Crippen LogP) is 5.92. The van der Waals surface area contributed by atoms with Gasteiger partial charge in [-0.25, -0.2) is 4.79 Å². The molecular formula is C24H28ClN3O3. The smallest absolute Gasteiger partial charge is 0.408 e. The van der Waals surface area contributed by atoms with Gasteiger partial charge in [-0.05, 0) is 56.2 Å². The van der Waals surface area contributed by atoms with Crippen molar-refractivity contribution in [3.63, 3.8) is 0 Å². The number of ether oxygens (including phenoxy) is 1. The molecule has 0 atom stereocenters. The third kappa shape index (κ3) is 5.39. The van der Waals surface area contributed by atoms with E-state index >= 15 is 0 Å². The molecule has 0 bridgehead atoms. The van der Waals surface area contributed by atoms with Crippen LogP contribution in [0.1, 0.15) is 39.2 Å². The molecule has 0 saturated carbocycles. The lowest BCUT2D eigenvalue weighted by Crippen LogP contribution is -2.33. The summed E-state index contributed by atoms with van der Waals surface area (Å²) >= 11 is 5.99. The number of benzene rings is 2. The van der Waals surface area contributed by atoms with Gasteiger partial charge in [0.15, 0.2) is 5.75 Å².